The number of hydrogen-bond acceptors (Lipinski definition) is 2. The van der Waals surface area contributed by atoms with Gasteiger partial charge < -0.3 is 5.32 Å². The Morgan fingerprint density at radius 3 is 2.55 bits per heavy atom. The van der Waals surface area contributed by atoms with Crippen LogP contribution in [-0.4, -0.2) is 5.91 Å². The minimum Gasteiger partial charge on any atom is -0.332 e. The lowest BCUT2D eigenvalue weighted by Gasteiger charge is -2.13. The molecular formula is C17H16N2O. The molecule has 0 spiro atoms. The minimum absolute atomic E-state index is 0.226. The molecule has 20 heavy (non-hydrogen) atoms. The molecule has 2 aromatic carbocycles. The average Bonchev–Trinajstić information content (AvgIpc) is 2.45. The van der Waals surface area contributed by atoms with Gasteiger partial charge in [-0.1, -0.05) is 48.0 Å². The van der Waals surface area contributed by atoms with E-state index in [1.165, 1.54) is 0 Å². The van der Waals surface area contributed by atoms with Crippen molar-refractivity contribution in [1.29, 1.82) is 5.26 Å². The van der Waals surface area contributed by atoms with Crippen LogP contribution in [0.5, 0.6) is 0 Å². The molecule has 2 aromatic rings. The van der Waals surface area contributed by atoms with Crippen molar-refractivity contribution in [1.82, 2.24) is 5.32 Å². The summed E-state index contributed by atoms with van der Waals surface area (Å²) in [5, 5.41) is 12.0. The van der Waals surface area contributed by atoms with Crippen LogP contribution in [0.3, 0.4) is 0 Å². The fourth-order valence-corrected chi connectivity index (χ4v) is 2.08. The first-order valence-corrected chi connectivity index (χ1v) is 6.44. The number of nitrogens with zero attached hydrogens (tertiary/aromatic N) is 1. The van der Waals surface area contributed by atoms with E-state index in [0.717, 1.165) is 16.7 Å². The summed E-state index contributed by atoms with van der Waals surface area (Å²) in [4.78, 5) is 12.2. The molecule has 0 fully saturated rings. The standard InChI is InChI=1S/C17H16N2O/c1-12-6-5-8-14(10-12)16(11-18)19-17(20)15-9-4-3-7-13(15)2/h3-10,16H,1-2H3,(H,19,20). The number of rotatable bonds is 3. The monoisotopic (exact) mass is 264 g/mol. The third-order valence-electron chi connectivity index (χ3n) is 3.17. The summed E-state index contributed by atoms with van der Waals surface area (Å²) in [6, 6.07) is 16.4. The number of amides is 1. The van der Waals surface area contributed by atoms with Gasteiger partial charge in [0.05, 0.1) is 6.07 Å². The van der Waals surface area contributed by atoms with Crippen LogP contribution in [0, 0.1) is 25.2 Å². The lowest BCUT2D eigenvalue weighted by molar-refractivity contribution is 0.0944. The van der Waals surface area contributed by atoms with Gasteiger partial charge in [-0.3, -0.25) is 4.79 Å². The van der Waals surface area contributed by atoms with Crippen molar-refractivity contribution in [2.45, 2.75) is 19.9 Å². The Balaban J connectivity index is 2.22. The molecule has 1 amide bonds. The van der Waals surface area contributed by atoms with E-state index in [-0.39, 0.29) is 5.91 Å². The molecular weight excluding hydrogens is 248 g/mol. The first kappa shape index (κ1) is 13.8. The quantitative estimate of drug-likeness (QED) is 0.924. The van der Waals surface area contributed by atoms with Gasteiger partial charge in [-0.25, -0.2) is 0 Å². The molecule has 0 aliphatic heterocycles. The first-order chi connectivity index (χ1) is 9.61. The molecule has 3 nitrogen and oxygen atoms in total. The van der Waals surface area contributed by atoms with Crippen molar-refractivity contribution in [3.05, 3.63) is 70.8 Å². The minimum atomic E-state index is -0.637. The Morgan fingerprint density at radius 1 is 1.15 bits per heavy atom. The van der Waals surface area contributed by atoms with Gasteiger partial charge in [0.2, 0.25) is 0 Å². The lowest BCUT2D eigenvalue weighted by atomic mass is 10.0. The number of carbonyl (C=O) groups excluding carboxylic acids is 1. The van der Waals surface area contributed by atoms with E-state index >= 15 is 0 Å². The molecule has 0 heterocycles. The topological polar surface area (TPSA) is 52.9 Å². The Morgan fingerprint density at radius 2 is 1.90 bits per heavy atom. The van der Waals surface area contributed by atoms with Crippen LogP contribution in [0.2, 0.25) is 0 Å². The van der Waals surface area contributed by atoms with Crippen LogP contribution in [0.15, 0.2) is 48.5 Å². The summed E-state index contributed by atoms with van der Waals surface area (Å²) in [6.07, 6.45) is 0. The SMILES string of the molecule is Cc1cccc(C(C#N)NC(=O)c2ccccc2C)c1. The van der Waals surface area contributed by atoms with Crippen molar-refractivity contribution in [3.63, 3.8) is 0 Å². The zero-order valence-corrected chi connectivity index (χ0v) is 11.6. The molecule has 0 saturated carbocycles. The van der Waals surface area contributed by atoms with E-state index in [2.05, 4.69) is 11.4 Å². The number of nitriles is 1. The van der Waals surface area contributed by atoms with Crippen molar-refractivity contribution in [2.24, 2.45) is 0 Å². The number of carbonyl (C=O) groups is 1. The van der Waals surface area contributed by atoms with Crippen LogP contribution >= 0.6 is 0 Å². The Labute approximate surface area is 118 Å². The fourth-order valence-electron chi connectivity index (χ4n) is 2.08. The van der Waals surface area contributed by atoms with Crippen LogP contribution in [0.25, 0.3) is 0 Å². The Hall–Kier alpha value is -2.60. The second-order valence-corrected chi connectivity index (χ2v) is 4.76. The summed E-state index contributed by atoms with van der Waals surface area (Å²) in [7, 11) is 0. The van der Waals surface area contributed by atoms with Gasteiger partial charge in [-0.15, -0.1) is 0 Å². The Bertz CT molecular complexity index is 671. The van der Waals surface area contributed by atoms with Crippen molar-refractivity contribution >= 4 is 5.91 Å². The number of aryl methyl sites for hydroxylation is 2. The zero-order chi connectivity index (χ0) is 14.5. The van der Waals surface area contributed by atoms with Crippen LogP contribution < -0.4 is 5.32 Å². The molecule has 2 rings (SSSR count). The number of hydrogen-bond donors (Lipinski definition) is 1. The highest BCUT2D eigenvalue weighted by atomic mass is 16.1. The van der Waals surface area contributed by atoms with Crippen molar-refractivity contribution < 1.29 is 4.79 Å². The first-order valence-electron chi connectivity index (χ1n) is 6.44. The molecule has 0 aliphatic rings. The molecule has 1 unspecified atom stereocenters. The van der Waals surface area contributed by atoms with E-state index in [1.54, 1.807) is 6.07 Å². The van der Waals surface area contributed by atoms with Crippen LogP contribution in [-0.2, 0) is 0 Å². The highest BCUT2D eigenvalue weighted by molar-refractivity contribution is 5.96. The molecule has 0 radical (unpaired) electrons. The van der Waals surface area contributed by atoms with Gasteiger partial charge in [-0.05, 0) is 31.0 Å². The largest absolute Gasteiger partial charge is 0.332 e. The normalized spacial score (nSPS) is 11.4. The second kappa shape index (κ2) is 6.03. The van der Waals surface area contributed by atoms with Crippen LogP contribution in [0.4, 0.5) is 0 Å². The zero-order valence-electron chi connectivity index (χ0n) is 11.6. The van der Waals surface area contributed by atoms with Gasteiger partial charge >= 0.3 is 0 Å². The summed E-state index contributed by atoms with van der Waals surface area (Å²) in [5.74, 6) is -0.226. The maximum absolute atomic E-state index is 12.2. The van der Waals surface area contributed by atoms with Crippen molar-refractivity contribution in [2.75, 3.05) is 0 Å². The van der Waals surface area contributed by atoms with Gasteiger partial charge in [0, 0.05) is 5.56 Å². The molecule has 0 bridgehead atoms. The van der Waals surface area contributed by atoms with Gasteiger partial charge in [-0.2, -0.15) is 5.26 Å². The van der Waals surface area contributed by atoms with E-state index in [1.807, 2.05) is 56.3 Å². The number of nitrogens with one attached hydrogen (secondary N) is 1. The van der Waals surface area contributed by atoms with E-state index < -0.39 is 6.04 Å². The predicted octanol–water partition coefficient (Wildman–Crippen LogP) is 3.30. The highest BCUT2D eigenvalue weighted by Gasteiger charge is 2.16. The lowest BCUT2D eigenvalue weighted by Crippen LogP contribution is -2.28. The molecule has 3 heteroatoms. The maximum Gasteiger partial charge on any atom is 0.252 e. The Kier molecular flexibility index (Phi) is 4.17. The highest BCUT2D eigenvalue weighted by Crippen LogP contribution is 2.15. The summed E-state index contributed by atoms with van der Waals surface area (Å²) < 4.78 is 0. The molecule has 0 aromatic heterocycles. The molecule has 1 atom stereocenters. The van der Waals surface area contributed by atoms with Gasteiger partial charge in [0.25, 0.3) is 5.91 Å². The van der Waals surface area contributed by atoms with E-state index in [0.29, 0.717) is 5.56 Å². The smallest absolute Gasteiger partial charge is 0.252 e. The number of benzene rings is 2. The molecule has 0 aliphatic carbocycles. The van der Waals surface area contributed by atoms with E-state index in [9.17, 15) is 10.1 Å². The van der Waals surface area contributed by atoms with Crippen molar-refractivity contribution in [3.8, 4) is 6.07 Å². The maximum atomic E-state index is 12.2. The fraction of sp³-hybridized carbons (Fsp3) is 0.176. The average molecular weight is 264 g/mol. The molecule has 0 saturated heterocycles. The van der Waals surface area contributed by atoms with Gasteiger partial charge in [0.15, 0.2) is 0 Å². The second-order valence-electron chi connectivity index (χ2n) is 4.76. The van der Waals surface area contributed by atoms with E-state index in [4.69, 9.17) is 0 Å². The summed E-state index contributed by atoms with van der Waals surface area (Å²) in [6.45, 7) is 3.84. The predicted molar refractivity (Wildman–Crippen MR) is 78.2 cm³/mol. The summed E-state index contributed by atoms with van der Waals surface area (Å²) in [5.41, 5.74) is 3.36. The van der Waals surface area contributed by atoms with Gasteiger partial charge in [0.1, 0.15) is 6.04 Å². The van der Waals surface area contributed by atoms with Crippen LogP contribution in [0.1, 0.15) is 33.1 Å². The summed E-state index contributed by atoms with van der Waals surface area (Å²) >= 11 is 0. The third-order valence-corrected chi connectivity index (χ3v) is 3.17. The third kappa shape index (κ3) is 3.04. The molecule has 1 N–H and O–H groups in total. The molecule has 100 valence electrons.